The highest BCUT2D eigenvalue weighted by atomic mass is 14.4. The summed E-state index contributed by atoms with van der Waals surface area (Å²) in [7, 11) is 0. The molecule has 4 rings (SSSR count). The zero-order valence-corrected chi connectivity index (χ0v) is 12.7. The molecule has 104 valence electrons. The maximum Gasteiger partial charge on any atom is 0.0313 e. The second-order valence-corrected chi connectivity index (χ2v) is 6.16. The van der Waals surface area contributed by atoms with E-state index in [0.717, 1.165) is 12.8 Å². The first-order valence-electron chi connectivity index (χ1n) is 7.87. The lowest BCUT2D eigenvalue weighted by Gasteiger charge is -2.20. The van der Waals surface area contributed by atoms with Gasteiger partial charge in [-0.25, -0.2) is 0 Å². The topological polar surface area (TPSA) is 0 Å². The van der Waals surface area contributed by atoms with Gasteiger partial charge in [0.1, 0.15) is 0 Å². The Morgan fingerprint density at radius 1 is 1.00 bits per heavy atom. The smallest absolute Gasteiger partial charge is 0.0313 e. The van der Waals surface area contributed by atoms with Crippen LogP contribution in [0, 0.1) is 0 Å². The second-order valence-electron chi connectivity index (χ2n) is 6.16. The molecular formula is C21H20. The van der Waals surface area contributed by atoms with Crippen LogP contribution in [0.2, 0.25) is 0 Å². The molecule has 0 heterocycles. The average molecular weight is 272 g/mol. The summed E-state index contributed by atoms with van der Waals surface area (Å²) in [5.41, 5.74) is 10.5. The van der Waals surface area contributed by atoms with E-state index in [1.165, 1.54) is 27.8 Å². The van der Waals surface area contributed by atoms with E-state index >= 15 is 0 Å². The third-order valence-electron chi connectivity index (χ3n) is 4.94. The van der Waals surface area contributed by atoms with Crippen molar-refractivity contribution in [3.63, 3.8) is 0 Å². The summed E-state index contributed by atoms with van der Waals surface area (Å²) in [5, 5.41) is 0. The van der Waals surface area contributed by atoms with E-state index in [1.807, 2.05) is 0 Å². The highest BCUT2D eigenvalue weighted by molar-refractivity contribution is 5.87. The number of benzene rings is 2. The molecule has 0 nitrogen and oxygen atoms in total. The van der Waals surface area contributed by atoms with E-state index in [2.05, 4.69) is 68.5 Å². The van der Waals surface area contributed by atoms with E-state index in [9.17, 15) is 0 Å². The summed E-state index contributed by atoms with van der Waals surface area (Å²) in [6.45, 7) is 4.59. The van der Waals surface area contributed by atoms with Gasteiger partial charge in [-0.1, -0.05) is 72.7 Å². The monoisotopic (exact) mass is 272 g/mol. The average Bonchev–Trinajstić information content (AvgIpc) is 3.03. The first kappa shape index (κ1) is 12.6. The Morgan fingerprint density at radius 2 is 1.76 bits per heavy atom. The van der Waals surface area contributed by atoms with E-state index in [0.29, 0.717) is 5.92 Å². The molecule has 0 saturated heterocycles. The molecule has 0 aliphatic heterocycles. The summed E-state index contributed by atoms with van der Waals surface area (Å²) in [4.78, 5) is 0. The molecule has 0 amide bonds. The zero-order valence-electron chi connectivity index (χ0n) is 12.7. The lowest BCUT2D eigenvalue weighted by molar-refractivity contribution is 0.951. The van der Waals surface area contributed by atoms with Crippen molar-refractivity contribution in [1.29, 1.82) is 0 Å². The Kier molecular flexibility index (Phi) is 2.85. The third-order valence-corrected chi connectivity index (χ3v) is 4.94. The molecule has 1 unspecified atom stereocenters. The predicted octanol–water partition coefficient (Wildman–Crippen LogP) is 5.61. The van der Waals surface area contributed by atoms with Crippen molar-refractivity contribution in [2.75, 3.05) is 0 Å². The van der Waals surface area contributed by atoms with Crippen molar-refractivity contribution in [3.05, 3.63) is 81.9 Å². The molecule has 0 radical (unpaired) electrons. The number of fused-ring (bicyclic) bond motifs is 2. The van der Waals surface area contributed by atoms with Gasteiger partial charge >= 0.3 is 0 Å². The highest BCUT2D eigenvalue weighted by Gasteiger charge is 2.32. The third kappa shape index (κ3) is 1.82. The van der Waals surface area contributed by atoms with E-state index in [-0.39, 0.29) is 0 Å². The summed E-state index contributed by atoms with van der Waals surface area (Å²) < 4.78 is 0. The Morgan fingerprint density at radius 3 is 2.62 bits per heavy atom. The minimum atomic E-state index is 0.467. The van der Waals surface area contributed by atoms with Gasteiger partial charge in [0.15, 0.2) is 0 Å². The fourth-order valence-corrected chi connectivity index (χ4v) is 3.99. The Hall–Kier alpha value is -2.08. The number of hydrogen-bond donors (Lipinski definition) is 0. The molecule has 0 N–H and O–H groups in total. The molecule has 0 bridgehead atoms. The SMILES string of the molecule is CCC1=Cc2ccccc2C1C1=C(C)Cc2ccccc21. The van der Waals surface area contributed by atoms with Crippen LogP contribution in [0.4, 0.5) is 0 Å². The first-order chi connectivity index (χ1) is 10.3. The van der Waals surface area contributed by atoms with E-state index in [1.54, 1.807) is 11.1 Å². The van der Waals surface area contributed by atoms with Crippen molar-refractivity contribution >= 4 is 11.6 Å². The van der Waals surface area contributed by atoms with Gasteiger partial charge in [0.25, 0.3) is 0 Å². The van der Waals surface area contributed by atoms with Crippen molar-refractivity contribution in [2.45, 2.75) is 32.6 Å². The normalized spacial score (nSPS) is 19.5. The molecule has 2 aromatic rings. The maximum atomic E-state index is 2.40. The van der Waals surface area contributed by atoms with Crippen LogP contribution in [0.25, 0.3) is 11.6 Å². The van der Waals surface area contributed by atoms with Gasteiger partial charge < -0.3 is 0 Å². The van der Waals surface area contributed by atoms with Gasteiger partial charge in [-0.15, -0.1) is 0 Å². The van der Waals surface area contributed by atoms with Crippen LogP contribution in [0.15, 0.2) is 59.7 Å². The summed E-state index contributed by atoms with van der Waals surface area (Å²) in [5.74, 6) is 0.467. The minimum absolute atomic E-state index is 0.467. The van der Waals surface area contributed by atoms with Gasteiger partial charge in [-0.05, 0) is 47.6 Å². The molecule has 0 saturated carbocycles. The van der Waals surface area contributed by atoms with Crippen LogP contribution in [0.3, 0.4) is 0 Å². The quantitative estimate of drug-likeness (QED) is 0.667. The van der Waals surface area contributed by atoms with Crippen LogP contribution in [-0.2, 0) is 6.42 Å². The van der Waals surface area contributed by atoms with Crippen molar-refractivity contribution in [2.24, 2.45) is 0 Å². The van der Waals surface area contributed by atoms with Crippen molar-refractivity contribution in [1.82, 2.24) is 0 Å². The molecule has 0 fully saturated rings. The van der Waals surface area contributed by atoms with E-state index < -0.39 is 0 Å². The summed E-state index contributed by atoms with van der Waals surface area (Å²) >= 11 is 0. The number of hydrogen-bond acceptors (Lipinski definition) is 0. The molecule has 0 aromatic heterocycles. The standard InChI is InChI=1S/C21H20/c1-3-15-13-17-9-5-7-11-19(17)21(15)20-14(2)12-16-8-4-6-10-18(16)20/h4-11,13,21H,3,12H2,1-2H3. The first-order valence-corrected chi connectivity index (χ1v) is 7.87. The van der Waals surface area contributed by atoms with Gasteiger partial charge in [-0.3, -0.25) is 0 Å². The molecule has 1 atom stereocenters. The predicted molar refractivity (Wildman–Crippen MR) is 90.2 cm³/mol. The minimum Gasteiger partial charge on any atom is -0.0642 e. The fourth-order valence-electron chi connectivity index (χ4n) is 3.99. The van der Waals surface area contributed by atoms with Gasteiger partial charge in [-0.2, -0.15) is 0 Å². The fraction of sp³-hybridized carbons (Fsp3) is 0.238. The molecule has 0 heteroatoms. The molecule has 2 aromatic carbocycles. The Bertz CT molecular complexity index is 774. The number of rotatable bonds is 2. The van der Waals surface area contributed by atoms with Crippen molar-refractivity contribution < 1.29 is 0 Å². The van der Waals surface area contributed by atoms with Crippen LogP contribution in [-0.4, -0.2) is 0 Å². The molecular weight excluding hydrogens is 252 g/mol. The lowest BCUT2D eigenvalue weighted by Crippen LogP contribution is -2.02. The van der Waals surface area contributed by atoms with Crippen molar-refractivity contribution in [3.8, 4) is 0 Å². The molecule has 2 aliphatic carbocycles. The molecule has 21 heavy (non-hydrogen) atoms. The van der Waals surface area contributed by atoms with Gasteiger partial charge in [0, 0.05) is 5.92 Å². The Labute approximate surface area is 126 Å². The van der Waals surface area contributed by atoms with E-state index in [4.69, 9.17) is 0 Å². The van der Waals surface area contributed by atoms with Crippen LogP contribution >= 0.6 is 0 Å². The van der Waals surface area contributed by atoms with Gasteiger partial charge in [0.2, 0.25) is 0 Å². The van der Waals surface area contributed by atoms with Crippen LogP contribution < -0.4 is 0 Å². The van der Waals surface area contributed by atoms with Crippen LogP contribution in [0.5, 0.6) is 0 Å². The lowest BCUT2D eigenvalue weighted by atomic mass is 9.83. The number of allylic oxidation sites excluding steroid dienone is 3. The van der Waals surface area contributed by atoms with Crippen LogP contribution in [0.1, 0.15) is 48.4 Å². The maximum absolute atomic E-state index is 2.40. The second kappa shape index (κ2) is 4.73. The Balaban J connectivity index is 1.91. The molecule has 0 spiro atoms. The largest absolute Gasteiger partial charge is 0.0642 e. The molecule has 2 aliphatic rings. The summed E-state index contributed by atoms with van der Waals surface area (Å²) in [6.07, 6.45) is 4.64. The van der Waals surface area contributed by atoms with Gasteiger partial charge in [0.05, 0.1) is 0 Å². The highest BCUT2D eigenvalue weighted by Crippen LogP contribution is 2.50. The zero-order chi connectivity index (χ0) is 14.4. The summed E-state index contributed by atoms with van der Waals surface area (Å²) in [6, 6.07) is 17.8.